The van der Waals surface area contributed by atoms with Gasteiger partial charge in [-0.15, -0.1) is 22.7 Å². The summed E-state index contributed by atoms with van der Waals surface area (Å²) in [7, 11) is 0. The summed E-state index contributed by atoms with van der Waals surface area (Å²) in [6, 6.07) is 8.95. The topological polar surface area (TPSA) is 0 Å². The maximum absolute atomic E-state index is 4.39. The van der Waals surface area contributed by atoms with Crippen LogP contribution >= 0.6 is 46.2 Å². The normalized spacial score (nSPS) is 11.7. The van der Waals surface area contributed by atoms with Crippen LogP contribution in [-0.2, 0) is 6.42 Å². The molecule has 0 aromatic carbocycles. The lowest BCUT2D eigenvalue weighted by Gasteiger charge is -2.07. The number of rotatable bonds is 17. The SMILES string of the molecule is C=C(CCCCCC)SC(=C)c1ccc(/C(=C/C)SC(=C)c2ccc(CCCCCC)s2)s1. The summed E-state index contributed by atoms with van der Waals surface area (Å²) < 4.78 is 0. The lowest BCUT2D eigenvalue weighted by Crippen LogP contribution is -1.80. The molecule has 180 valence electrons. The van der Waals surface area contributed by atoms with E-state index < -0.39 is 0 Å². The Morgan fingerprint density at radius 1 is 0.758 bits per heavy atom. The van der Waals surface area contributed by atoms with Crippen LogP contribution < -0.4 is 0 Å². The first-order valence-electron chi connectivity index (χ1n) is 12.3. The Balaban J connectivity index is 1.90. The molecule has 0 bridgehead atoms. The molecule has 2 heterocycles. The van der Waals surface area contributed by atoms with Gasteiger partial charge in [-0.05, 0) is 61.8 Å². The van der Waals surface area contributed by atoms with E-state index in [0.29, 0.717) is 0 Å². The summed E-state index contributed by atoms with van der Waals surface area (Å²) in [4.78, 5) is 10.0. The standard InChI is InChI=1S/C29H40S4/c1-7-10-12-14-16-22(4)30-23(5)28-20-21-29(33-28)26(9-3)31-24(6)27-19-18-25(32-27)17-15-13-11-8-2/h9,18-21H,4-8,10-17H2,1-3H3/b26-9-. The van der Waals surface area contributed by atoms with Crippen molar-refractivity contribution in [1.82, 2.24) is 0 Å². The summed E-state index contributed by atoms with van der Waals surface area (Å²) in [5.41, 5.74) is 0. The highest BCUT2D eigenvalue weighted by Gasteiger charge is 2.13. The van der Waals surface area contributed by atoms with Gasteiger partial charge in [-0.2, -0.15) is 0 Å². The van der Waals surface area contributed by atoms with Crippen LogP contribution in [0, 0.1) is 0 Å². The molecule has 2 aromatic rings. The third-order valence-electron chi connectivity index (χ3n) is 5.41. The zero-order valence-electron chi connectivity index (χ0n) is 20.7. The van der Waals surface area contributed by atoms with E-state index in [0.717, 1.165) is 16.2 Å². The monoisotopic (exact) mass is 516 g/mol. The summed E-state index contributed by atoms with van der Waals surface area (Å²) in [6.45, 7) is 19.6. The van der Waals surface area contributed by atoms with Gasteiger partial charge < -0.3 is 0 Å². The van der Waals surface area contributed by atoms with Gasteiger partial charge in [0.05, 0.1) is 0 Å². The van der Waals surface area contributed by atoms with Gasteiger partial charge in [-0.3, -0.25) is 0 Å². The highest BCUT2D eigenvalue weighted by atomic mass is 32.2. The third kappa shape index (κ3) is 10.1. The number of allylic oxidation sites excluding steroid dienone is 2. The van der Waals surface area contributed by atoms with Crippen molar-refractivity contribution in [2.24, 2.45) is 0 Å². The van der Waals surface area contributed by atoms with E-state index in [1.54, 1.807) is 23.5 Å². The first-order valence-corrected chi connectivity index (χ1v) is 15.5. The smallest absolute Gasteiger partial charge is 0.0413 e. The fourth-order valence-corrected chi connectivity index (χ4v) is 7.46. The Hall–Kier alpha value is -0.940. The Kier molecular flexibility index (Phi) is 13.6. The van der Waals surface area contributed by atoms with Crippen LogP contribution in [0.15, 0.2) is 55.0 Å². The minimum atomic E-state index is 1.08. The van der Waals surface area contributed by atoms with Crippen molar-refractivity contribution in [3.05, 3.63) is 74.5 Å². The fraction of sp³-hybridized carbons (Fsp3) is 0.448. The lowest BCUT2D eigenvalue weighted by atomic mass is 10.1. The highest BCUT2D eigenvalue weighted by Crippen LogP contribution is 2.44. The zero-order valence-corrected chi connectivity index (χ0v) is 24.0. The van der Waals surface area contributed by atoms with Crippen LogP contribution in [0.4, 0.5) is 0 Å². The molecule has 0 atom stereocenters. The number of thioether (sulfide) groups is 2. The number of hydrogen-bond acceptors (Lipinski definition) is 4. The van der Waals surface area contributed by atoms with Crippen molar-refractivity contribution in [3.63, 3.8) is 0 Å². The Bertz CT molecular complexity index is 925. The van der Waals surface area contributed by atoms with Gasteiger partial charge in [0.25, 0.3) is 0 Å². The summed E-state index contributed by atoms with van der Waals surface area (Å²) in [6.07, 6.45) is 14.8. The van der Waals surface area contributed by atoms with E-state index in [1.165, 1.54) is 87.1 Å². The second-order valence-electron chi connectivity index (χ2n) is 8.29. The predicted octanol–water partition coefficient (Wildman–Crippen LogP) is 11.9. The molecule has 0 unspecified atom stereocenters. The van der Waals surface area contributed by atoms with Crippen LogP contribution in [0.1, 0.15) is 98.1 Å². The number of thiophene rings is 2. The maximum atomic E-state index is 4.39. The molecule has 0 nitrogen and oxygen atoms in total. The molecule has 0 saturated heterocycles. The average molecular weight is 517 g/mol. The zero-order chi connectivity index (χ0) is 24.1. The minimum Gasteiger partial charge on any atom is -0.140 e. The molecule has 0 aliphatic carbocycles. The largest absolute Gasteiger partial charge is 0.140 e. The molecule has 0 N–H and O–H groups in total. The second-order valence-corrected chi connectivity index (χ2v) is 13.0. The summed E-state index contributed by atoms with van der Waals surface area (Å²) in [5.74, 6) is 0. The molecule has 0 radical (unpaired) electrons. The van der Waals surface area contributed by atoms with Crippen LogP contribution in [0.2, 0.25) is 0 Å². The maximum Gasteiger partial charge on any atom is 0.0413 e. The van der Waals surface area contributed by atoms with Crippen LogP contribution in [-0.4, -0.2) is 0 Å². The molecule has 0 aliphatic heterocycles. The molecular weight excluding hydrogens is 477 g/mol. The van der Waals surface area contributed by atoms with E-state index in [1.807, 2.05) is 22.7 Å². The number of aryl methyl sites for hydroxylation is 1. The van der Waals surface area contributed by atoms with Crippen molar-refractivity contribution < 1.29 is 0 Å². The van der Waals surface area contributed by atoms with Crippen LogP contribution in [0.5, 0.6) is 0 Å². The van der Waals surface area contributed by atoms with Gasteiger partial charge in [0.15, 0.2) is 0 Å². The van der Waals surface area contributed by atoms with E-state index in [9.17, 15) is 0 Å². The molecule has 2 aromatic heterocycles. The van der Waals surface area contributed by atoms with E-state index in [4.69, 9.17) is 0 Å². The lowest BCUT2D eigenvalue weighted by molar-refractivity contribution is 0.670. The van der Waals surface area contributed by atoms with Gasteiger partial charge in [-0.25, -0.2) is 0 Å². The van der Waals surface area contributed by atoms with Crippen molar-refractivity contribution in [2.75, 3.05) is 0 Å². The van der Waals surface area contributed by atoms with E-state index >= 15 is 0 Å². The van der Waals surface area contributed by atoms with E-state index in [-0.39, 0.29) is 0 Å². The van der Waals surface area contributed by atoms with Crippen molar-refractivity contribution >= 4 is 60.9 Å². The van der Waals surface area contributed by atoms with Crippen LogP contribution in [0.25, 0.3) is 14.7 Å². The first-order chi connectivity index (χ1) is 16.0. The van der Waals surface area contributed by atoms with Crippen LogP contribution in [0.3, 0.4) is 0 Å². The predicted molar refractivity (Wildman–Crippen MR) is 161 cm³/mol. The number of hydrogen-bond donors (Lipinski definition) is 0. The van der Waals surface area contributed by atoms with Gasteiger partial charge >= 0.3 is 0 Å². The molecular formula is C29H40S4. The van der Waals surface area contributed by atoms with Gasteiger partial charge in [-0.1, -0.05) is 102 Å². The van der Waals surface area contributed by atoms with Gasteiger partial charge in [0.2, 0.25) is 0 Å². The second kappa shape index (κ2) is 15.9. The van der Waals surface area contributed by atoms with Crippen molar-refractivity contribution in [1.29, 1.82) is 0 Å². The first kappa shape index (κ1) is 28.3. The fourth-order valence-electron chi connectivity index (χ4n) is 3.47. The highest BCUT2D eigenvalue weighted by molar-refractivity contribution is 8.16. The summed E-state index contributed by atoms with van der Waals surface area (Å²) in [5, 5.41) is 0. The molecule has 33 heavy (non-hydrogen) atoms. The van der Waals surface area contributed by atoms with Crippen molar-refractivity contribution in [3.8, 4) is 0 Å². The molecule has 0 saturated carbocycles. The Morgan fingerprint density at radius 2 is 1.36 bits per heavy atom. The molecule has 0 spiro atoms. The molecule has 4 heteroatoms. The minimum absolute atomic E-state index is 1.08. The summed E-state index contributed by atoms with van der Waals surface area (Å²) >= 11 is 7.25. The van der Waals surface area contributed by atoms with E-state index in [2.05, 4.69) is 70.8 Å². The molecule has 0 fully saturated rings. The number of unbranched alkanes of at least 4 members (excludes halogenated alkanes) is 6. The Labute approximate surface area is 219 Å². The van der Waals surface area contributed by atoms with Crippen molar-refractivity contribution in [2.45, 2.75) is 85.0 Å². The van der Waals surface area contributed by atoms with Gasteiger partial charge in [0, 0.05) is 34.2 Å². The Morgan fingerprint density at radius 3 is 2.06 bits per heavy atom. The third-order valence-corrected chi connectivity index (χ3v) is 10.3. The van der Waals surface area contributed by atoms with Gasteiger partial charge in [0.1, 0.15) is 0 Å². The molecule has 0 aliphatic rings. The quantitative estimate of drug-likeness (QED) is 0.192. The molecule has 0 amide bonds. The average Bonchev–Trinajstić information content (AvgIpc) is 3.48. The molecule has 2 rings (SSSR count).